The first-order valence-corrected chi connectivity index (χ1v) is 10.3. The molecule has 31 heavy (non-hydrogen) atoms. The molecule has 2 aromatic carbocycles. The zero-order valence-electron chi connectivity index (χ0n) is 17.7. The summed E-state index contributed by atoms with van der Waals surface area (Å²) < 4.78 is 4.98. The van der Waals surface area contributed by atoms with Gasteiger partial charge in [0.2, 0.25) is 0 Å². The van der Waals surface area contributed by atoms with Gasteiger partial charge in [0.25, 0.3) is 11.6 Å². The lowest BCUT2D eigenvalue weighted by Gasteiger charge is -2.27. The molecule has 0 radical (unpaired) electrons. The molecule has 0 spiro atoms. The number of ether oxygens (including phenoxy) is 1. The van der Waals surface area contributed by atoms with Gasteiger partial charge in [-0.15, -0.1) is 0 Å². The zero-order valence-corrected chi connectivity index (χ0v) is 18.5. The molecule has 0 aliphatic carbocycles. The minimum atomic E-state index is -1.10. The maximum absolute atomic E-state index is 12.3. The lowest BCUT2D eigenvalue weighted by atomic mass is 9.90. The molecule has 0 bridgehead atoms. The fourth-order valence-corrected chi connectivity index (χ4v) is 3.35. The first kappa shape index (κ1) is 23.9. The number of hydrogen-bond acceptors (Lipinski definition) is 7. The van der Waals surface area contributed by atoms with Gasteiger partial charge >= 0.3 is 5.97 Å². The Morgan fingerprint density at radius 2 is 1.90 bits per heavy atom. The number of carbonyl (C=O) groups is 2. The lowest BCUT2D eigenvalue weighted by Crippen LogP contribution is -2.50. The van der Waals surface area contributed by atoms with E-state index >= 15 is 0 Å². The fourth-order valence-electron chi connectivity index (χ4n) is 2.45. The van der Waals surface area contributed by atoms with E-state index in [1.165, 1.54) is 23.9 Å². The maximum Gasteiger partial charge on any atom is 0.338 e. The molecule has 8 nitrogen and oxygen atoms in total. The Balaban J connectivity index is 2.10. The number of nitriles is 1. The molecule has 2 rings (SSSR count). The Hall–Kier alpha value is -3.38. The summed E-state index contributed by atoms with van der Waals surface area (Å²) in [4.78, 5) is 36.5. The van der Waals surface area contributed by atoms with E-state index in [0.29, 0.717) is 4.90 Å². The topological polar surface area (TPSA) is 122 Å². The normalized spacial score (nSPS) is 12.5. The van der Waals surface area contributed by atoms with E-state index in [9.17, 15) is 25.0 Å². The molecule has 0 heterocycles. The molecular formula is C22H23N3O5S. The standard InChI is InChI=1S/C22H23N3O5S/c1-14(2)22(4,13-23)24-20(26)12-30-21(27)16-7-10-19(18(11-16)25(28)29)31-17-8-5-15(3)6-9-17/h5-11,14H,12H2,1-4H3,(H,24,26)/t22-/m0/s1. The van der Waals surface area contributed by atoms with Crippen LogP contribution in [0.1, 0.15) is 36.7 Å². The molecule has 1 atom stereocenters. The van der Waals surface area contributed by atoms with Crippen molar-refractivity contribution in [2.75, 3.05) is 6.61 Å². The Labute approximate surface area is 184 Å². The van der Waals surface area contributed by atoms with Gasteiger partial charge in [-0.1, -0.05) is 43.3 Å². The van der Waals surface area contributed by atoms with Crippen LogP contribution in [-0.2, 0) is 9.53 Å². The van der Waals surface area contributed by atoms with E-state index in [2.05, 4.69) is 5.32 Å². The molecule has 9 heteroatoms. The average molecular weight is 442 g/mol. The monoisotopic (exact) mass is 441 g/mol. The van der Waals surface area contributed by atoms with E-state index in [1.807, 2.05) is 37.3 Å². The van der Waals surface area contributed by atoms with Crippen molar-refractivity contribution in [2.24, 2.45) is 5.92 Å². The second-order valence-electron chi connectivity index (χ2n) is 7.45. The van der Waals surface area contributed by atoms with Crippen molar-refractivity contribution in [1.82, 2.24) is 5.32 Å². The van der Waals surface area contributed by atoms with E-state index < -0.39 is 28.9 Å². The van der Waals surface area contributed by atoms with Gasteiger partial charge in [-0.05, 0) is 44.0 Å². The van der Waals surface area contributed by atoms with Gasteiger partial charge in [0.1, 0.15) is 5.54 Å². The third-order valence-electron chi connectivity index (χ3n) is 4.76. The van der Waals surface area contributed by atoms with E-state index in [-0.39, 0.29) is 17.2 Å². The average Bonchev–Trinajstić information content (AvgIpc) is 2.73. The van der Waals surface area contributed by atoms with Gasteiger partial charge in [-0.2, -0.15) is 5.26 Å². The smallest absolute Gasteiger partial charge is 0.338 e. The molecule has 1 amide bonds. The van der Waals surface area contributed by atoms with Crippen LogP contribution < -0.4 is 5.32 Å². The summed E-state index contributed by atoms with van der Waals surface area (Å²) in [6.07, 6.45) is 0. The highest BCUT2D eigenvalue weighted by Crippen LogP contribution is 2.35. The van der Waals surface area contributed by atoms with Crippen LogP contribution in [0, 0.1) is 34.3 Å². The number of nitrogens with one attached hydrogen (secondary N) is 1. The van der Waals surface area contributed by atoms with Crippen LogP contribution in [0.2, 0.25) is 0 Å². The number of hydrogen-bond donors (Lipinski definition) is 1. The third-order valence-corrected chi connectivity index (χ3v) is 5.83. The Morgan fingerprint density at radius 3 is 2.45 bits per heavy atom. The summed E-state index contributed by atoms with van der Waals surface area (Å²) in [6.45, 7) is 6.48. The second kappa shape index (κ2) is 10.1. The first-order chi connectivity index (χ1) is 14.6. The van der Waals surface area contributed by atoms with Crippen molar-refractivity contribution < 1.29 is 19.2 Å². The molecule has 0 aliphatic heterocycles. The number of nitrogens with zero attached hydrogens (tertiary/aromatic N) is 2. The number of amides is 1. The van der Waals surface area contributed by atoms with Crippen LogP contribution in [0.4, 0.5) is 5.69 Å². The molecule has 1 N–H and O–H groups in total. The molecule has 0 aliphatic rings. The first-order valence-electron chi connectivity index (χ1n) is 9.48. The maximum atomic E-state index is 12.3. The van der Waals surface area contributed by atoms with Crippen LogP contribution >= 0.6 is 11.8 Å². The van der Waals surface area contributed by atoms with E-state index in [0.717, 1.165) is 16.5 Å². The van der Waals surface area contributed by atoms with Crippen LogP contribution in [-0.4, -0.2) is 28.9 Å². The quantitative estimate of drug-likeness (QED) is 0.369. The van der Waals surface area contributed by atoms with Crippen molar-refractivity contribution in [1.29, 1.82) is 5.26 Å². The molecule has 2 aromatic rings. The highest BCUT2D eigenvalue weighted by Gasteiger charge is 2.30. The van der Waals surface area contributed by atoms with Crippen molar-refractivity contribution in [3.63, 3.8) is 0 Å². The highest BCUT2D eigenvalue weighted by molar-refractivity contribution is 7.99. The summed E-state index contributed by atoms with van der Waals surface area (Å²) in [5, 5.41) is 23.3. The molecule has 0 saturated carbocycles. The van der Waals surface area contributed by atoms with Crippen LogP contribution in [0.5, 0.6) is 0 Å². The van der Waals surface area contributed by atoms with E-state index in [1.54, 1.807) is 20.8 Å². The largest absolute Gasteiger partial charge is 0.452 e. The summed E-state index contributed by atoms with van der Waals surface area (Å²) in [5.74, 6) is -1.65. The Bertz CT molecular complexity index is 1030. The number of esters is 1. The van der Waals surface area contributed by atoms with Gasteiger partial charge in [-0.3, -0.25) is 14.9 Å². The van der Waals surface area contributed by atoms with Crippen LogP contribution in [0.25, 0.3) is 0 Å². The summed E-state index contributed by atoms with van der Waals surface area (Å²) >= 11 is 1.21. The summed E-state index contributed by atoms with van der Waals surface area (Å²) in [7, 11) is 0. The van der Waals surface area contributed by atoms with Gasteiger partial charge in [0, 0.05) is 11.0 Å². The van der Waals surface area contributed by atoms with Crippen molar-refractivity contribution in [3.05, 3.63) is 63.7 Å². The van der Waals surface area contributed by atoms with Gasteiger partial charge in [0.15, 0.2) is 6.61 Å². The highest BCUT2D eigenvalue weighted by atomic mass is 32.2. The Kier molecular flexibility index (Phi) is 7.78. The molecule has 162 valence electrons. The SMILES string of the molecule is Cc1ccc(Sc2ccc(C(=O)OCC(=O)N[C@@](C)(C#N)C(C)C)cc2[N+](=O)[O-])cc1. The van der Waals surface area contributed by atoms with Crippen molar-refractivity contribution in [2.45, 2.75) is 43.0 Å². The predicted molar refractivity (Wildman–Crippen MR) is 116 cm³/mol. The Morgan fingerprint density at radius 1 is 1.26 bits per heavy atom. The number of carbonyl (C=O) groups excluding carboxylic acids is 2. The third kappa shape index (κ3) is 6.30. The molecule has 0 unspecified atom stereocenters. The molecule has 0 saturated heterocycles. The second-order valence-corrected chi connectivity index (χ2v) is 8.56. The zero-order chi connectivity index (χ0) is 23.2. The van der Waals surface area contributed by atoms with Gasteiger partial charge in [-0.25, -0.2) is 4.79 Å². The molecule has 0 fully saturated rings. The van der Waals surface area contributed by atoms with Gasteiger partial charge in [0.05, 0.1) is 21.5 Å². The number of rotatable bonds is 8. The fraction of sp³-hybridized carbons (Fsp3) is 0.318. The number of nitro groups is 1. The van der Waals surface area contributed by atoms with Gasteiger partial charge < -0.3 is 10.1 Å². The van der Waals surface area contributed by atoms with Crippen LogP contribution in [0.15, 0.2) is 52.3 Å². The van der Waals surface area contributed by atoms with Crippen molar-refractivity contribution >= 4 is 29.3 Å². The van der Waals surface area contributed by atoms with Crippen molar-refractivity contribution in [3.8, 4) is 6.07 Å². The minimum absolute atomic E-state index is 0.0420. The number of nitro benzene ring substituents is 1. The number of benzene rings is 2. The summed E-state index contributed by atoms with van der Waals surface area (Å²) in [6, 6.07) is 13.6. The number of aryl methyl sites for hydroxylation is 1. The predicted octanol–water partition coefficient (Wildman–Crippen LogP) is 4.27. The summed E-state index contributed by atoms with van der Waals surface area (Å²) in [5.41, 5.74) is -0.303. The minimum Gasteiger partial charge on any atom is -0.452 e. The molecule has 0 aromatic heterocycles. The van der Waals surface area contributed by atoms with E-state index in [4.69, 9.17) is 4.74 Å². The molecular weight excluding hydrogens is 418 g/mol. The lowest BCUT2D eigenvalue weighted by molar-refractivity contribution is -0.387. The van der Waals surface area contributed by atoms with Crippen LogP contribution in [0.3, 0.4) is 0 Å².